The summed E-state index contributed by atoms with van der Waals surface area (Å²) >= 11 is 1.80. The van der Waals surface area contributed by atoms with Crippen molar-refractivity contribution in [3.05, 3.63) is 24.3 Å². The van der Waals surface area contributed by atoms with Crippen LogP contribution >= 0.6 is 11.8 Å². The van der Waals surface area contributed by atoms with Crippen molar-refractivity contribution in [1.29, 1.82) is 0 Å². The van der Waals surface area contributed by atoms with Crippen LogP contribution in [0.1, 0.15) is 33.6 Å². The first-order valence-corrected chi connectivity index (χ1v) is 8.07. The zero-order valence-electron chi connectivity index (χ0n) is 12.9. The highest BCUT2D eigenvalue weighted by atomic mass is 32.2. The molecule has 0 bridgehead atoms. The number of anilines is 1. The lowest BCUT2D eigenvalue weighted by molar-refractivity contribution is -0.124. The topological polar surface area (TPSA) is 64.4 Å². The lowest BCUT2D eigenvalue weighted by Gasteiger charge is -2.31. The minimum absolute atomic E-state index is 0.123. The first kappa shape index (κ1) is 16.3. The number of ether oxygens (including phenoxy) is 1. The van der Waals surface area contributed by atoms with Crippen LogP contribution in [0.5, 0.6) is 0 Å². The van der Waals surface area contributed by atoms with Gasteiger partial charge in [0.25, 0.3) is 0 Å². The lowest BCUT2D eigenvalue weighted by Crippen LogP contribution is -2.54. The number of hydrogen-bond donors (Lipinski definition) is 2. The zero-order chi connectivity index (χ0) is 15.5. The number of carbonyl (C=O) groups is 1. The van der Waals surface area contributed by atoms with Crippen LogP contribution in [0.2, 0.25) is 0 Å². The fraction of sp³-hybridized carbons (Fsp3) is 0.562. The van der Waals surface area contributed by atoms with E-state index in [9.17, 15) is 4.79 Å². The van der Waals surface area contributed by atoms with E-state index >= 15 is 0 Å². The van der Waals surface area contributed by atoms with Crippen LogP contribution in [0.15, 0.2) is 29.2 Å². The van der Waals surface area contributed by atoms with Gasteiger partial charge in [-0.3, -0.25) is 4.79 Å². The summed E-state index contributed by atoms with van der Waals surface area (Å²) in [6, 6.07) is 7.90. The minimum atomic E-state index is -0.808. The van der Waals surface area contributed by atoms with Gasteiger partial charge in [0.05, 0.1) is 0 Å². The first-order valence-electron chi connectivity index (χ1n) is 7.26. The highest BCUT2D eigenvalue weighted by Crippen LogP contribution is 2.32. The number of amides is 1. The fourth-order valence-electron chi connectivity index (χ4n) is 2.18. The molecule has 0 unspecified atom stereocenters. The summed E-state index contributed by atoms with van der Waals surface area (Å²) in [7, 11) is 0. The van der Waals surface area contributed by atoms with Crippen LogP contribution in [-0.4, -0.2) is 29.4 Å². The Bertz CT molecular complexity index is 488. The molecular formula is C16H24N2O2S. The van der Waals surface area contributed by atoms with Gasteiger partial charge in [-0.1, -0.05) is 20.8 Å². The second-order valence-corrected chi connectivity index (χ2v) is 8.36. The van der Waals surface area contributed by atoms with E-state index in [1.165, 1.54) is 4.90 Å². The second kappa shape index (κ2) is 6.38. The molecule has 0 aliphatic carbocycles. The number of benzene rings is 1. The molecule has 4 nitrogen and oxygen atoms in total. The Morgan fingerprint density at radius 3 is 2.33 bits per heavy atom. The van der Waals surface area contributed by atoms with Crippen molar-refractivity contribution in [2.45, 2.75) is 48.8 Å². The third-order valence-corrected chi connectivity index (χ3v) is 4.49. The molecule has 1 amide bonds. The molecule has 1 aliphatic rings. The summed E-state index contributed by atoms with van der Waals surface area (Å²) < 4.78 is 5.44. The third-order valence-electron chi connectivity index (χ3n) is 3.37. The Labute approximate surface area is 130 Å². The lowest BCUT2D eigenvalue weighted by atomic mass is 9.90. The first-order chi connectivity index (χ1) is 9.78. The summed E-state index contributed by atoms with van der Waals surface area (Å²) in [6.45, 7) is 7.63. The summed E-state index contributed by atoms with van der Waals surface area (Å²) in [6.07, 6.45) is 1.13. The van der Waals surface area contributed by atoms with Gasteiger partial charge in [-0.05, 0) is 37.1 Å². The van der Waals surface area contributed by atoms with Gasteiger partial charge in [0.2, 0.25) is 5.91 Å². The van der Waals surface area contributed by atoms with Crippen molar-refractivity contribution in [3.63, 3.8) is 0 Å². The fourth-order valence-corrected chi connectivity index (χ4v) is 3.16. The molecule has 0 spiro atoms. The van der Waals surface area contributed by atoms with Crippen LogP contribution in [0.3, 0.4) is 0 Å². The molecule has 1 aromatic carbocycles. The van der Waals surface area contributed by atoms with E-state index in [2.05, 4.69) is 26.1 Å². The molecule has 0 radical (unpaired) electrons. The van der Waals surface area contributed by atoms with Gasteiger partial charge < -0.3 is 15.8 Å². The normalized spacial score (nSPS) is 18.3. The Kier molecular flexibility index (Phi) is 4.96. The van der Waals surface area contributed by atoms with Crippen molar-refractivity contribution in [3.8, 4) is 0 Å². The Balaban J connectivity index is 1.98. The molecule has 1 fully saturated rings. The van der Waals surface area contributed by atoms with E-state index in [-0.39, 0.29) is 10.7 Å². The molecule has 0 atom stereocenters. The van der Waals surface area contributed by atoms with Crippen molar-refractivity contribution >= 4 is 23.4 Å². The second-order valence-electron chi connectivity index (χ2n) is 6.46. The molecule has 5 heteroatoms. The molecule has 0 saturated carbocycles. The van der Waals surface area contributed by atoms with E-state index in [4.69, 9.17) is 10.5 Å². The molecule has 2 rings (SSSR count). The quantitative estimate of drug-likeness (QED) is 0.843. The SMILES string of the molecule is CC(C)(C)Sc1ccc(NC(=O)C2(N)CCOCC2)cc1. The summed E-state index contributed by atoms with van der Waals surface area (Å²) in [5.41, 5.74) is 6.15. The number of rotatable bonds is 3. The monoisotopic (exact) mass is 308 g/mol. The van der Waals surface area contributed by atoms with Gasteiger partial charge in [-0.2, -0.15) is 0 Å². The van der Waals surface area contributed by atoms with E-state index in [0.717, 1.165) is 5.69 Å². The average Bonchev–Trinajstić information content (AvgIpc) is 2.40. The minimum Gasteiger partial charge on any atom is -0.381 e. The number of nitrogens with one attached hydrogen (secondary N) is 1. The maximum absolute atomic E-state index is 12.3. The smallest absolute Gasteiger partial charge is 0.244 e. The maximum Gasteiger partial charge on any atom is 0.244 e. The molecule has 1 heterocycles. The third kappa shape index (κ3) is 4.73. The molecule has 116 valence electrons. The predicted molar refractivity (Wildman–Crippen MR) is 87.7 cm³/mol. The van der Waals surface area contributed by atoms with E-state index in [1.807, 2.05) is 24.3 Å². The molecule has 1 saturated heterocycles. The van der Waals surface area contributed by atoms with Gasteiger partial charge >= 0.3 is 0 Å². The van der Waals surface area contributed by atoms with Crippen LogP contribution < -0.4 is 11.1 Å². The van der Waals surface area contributed by atoms with Crippen molar-refractivity contribution in [1.82, 2.24) is 0 Å². The molecule has 0 aromatic heterocycles. The van der Waals surface area contributed by atoms with Crippen molar-refractivity contribution < 1.29 is 9.53 Å². The summed E-state index contributed by atoms with van der Waals surface area (Å²) in [5.74, 6) is -0.123. The Hall–Kier alpha value is -1.04. The molecule has 1 aliphatic heterocycles. The Morgan fingerprint density at radius 2 is 1.81 bits per heavy atom. The molecule has 21 heavy (non-hydrogen) atoms. The predicted octanol–water partition coefficient (Wildman–Crippen LogP) is 3.02. The van der Waals surface area contributed by atoms with Crippen LogP contribution in [-0.2, 0) is 9.53 Å². The number of carbonyl (C=O) groups excluding carboxylic acids is 1. The zero-order valence-corrected chi connectivity index (χ0v) is 13.8. The van der Waals surface area contributed by atoms with Gasteiger partial charge in [0.15, 0.2) is 0 Å². The number of thioether (sulfide) groups is 1. The van der Waals surface area contributed by atoms with E-state index < -0.39 is 5.54 Å². The Morgan fingerprint density at radius 1 is 1.24 bits per heavy atom. The van der Waals surface area contributed by atoms with Crippen LogP contribution in [0, 0.1) is 0 Å². The number of nitrogens with two attached hydrogens (primary N) is 1. The molecular weight excluding hydrogens is 284 g/mol. The van der Waals surface area contributed by atoms with Crippen molar-refractivity contribution in [2.24, 2.45) is 5.73 Å². The van der Waals surface area contributed by atoms with Gasteiger partial charge in [0.1, 0.15) is 5.54 Å². The van der Waals surface area contributed by atoms with E-state index in [0.29, 0.717) is 26.1 Å². The van der Waals surface area contributed by atoms with Crippen LogP contribution in [0.4, 0.5) is 5.69 Å². The highest BCUT2D eigenvalue weighted by Gasteiger charge is 2.35. The van der Waals surface area contributed by atoms with Gasteiger partial charge in [-0.15, -0.1) is 11.8 Å². The summed E-state index contributed by atoms with van der Waals surface area (Å²) in [5, 5.41) is 2.91. The van der Waals surface area contributed by atoms with Crippen LogP contribution in [0.25, 0.3) is 0 Å². The standard InChI is InChI=1S/C16H24N2O2S/c1-15(2,3)21-13-6-4-12(5-7-13)18-14(19)16(17)8-10-20-11-9-16/h4-7H,8-11,17H2,1-3H3,(H,18,19). The van der Waals surface area contributed by atoms with E-state index in [1.54, 1.807) is 11.8 Å². The number of hydrogen-bond acceptors (Lipinski definition) is 4. The van der Waals surface area contributed by atoms with Gasteiger partial charge in [-0.25, -0.2) is 0 Å². The molecule has 3 N–H and O–H groups in total. The highest BCUT2D eigenvalue weighted by molar-refractivity contribution is 8.00. The largest absolute Gasteiger partial charge is 0.381 e. The van der Waals surface area contributed by atoms with Gasteiger partial charge in [0, 0.05) is 28.5 Å². The molecule has 1 aromatic rings. The van der Waals surface area contributed by atoms with Crippen molar-refractivity contribution in [2.75, 3.05) is 18.5 Å². The summed E-state index contributed by atoms with van der Waals surface area (Å²) in [4.78, 5) is 13.5. The average molecular weight is 308 g/mol. The maximum atomic E-state index is 12.3.